The Labute approximate surface area is 206 Å². The number of ether oxygens (including phenoxy) is 1. The third kappa shape index (κ3) is 5.63. The molecule has 2 amide bonds. The molecule has 1 atom stereocenters. The smallest absolute Gasteiger partial charge is 0.410 e. The molecule has 8 heteroatoms. The Balaban J connectivity index is 1.72. The second-order valence-corrected chi connectivity index (χ2v) is 10.4. The number of hydrogen-bond acceptors (Lipinski definition) is 5. The summed E-state index contributed by atoms with van der Waals surface area (Å²) in [7, 11) is 0. The quantitative estimate of drug-likeness (QED) is 0.533. The number of para-hydroxylation sites is 1. The third-order valence-electron chi connectivity index (χ3n) is 6.14. The van der Waals surface area contributed by atoms with Crippen LogP contribution in [-0.2, 0) is 4.74 Å². The van der Waals surface area contributed by atoms with E-state index >= 15 is 0 Å². The van der Waals surface area contributed by atoms with Crippen molar-refractivity contribution in [2.45, 2.75) is 72.4 Å². The molecule has 0 spiro atoms. The van der Waals surface area contributed by atoms with E-state index in [0.29, 0.717) is 24.6 Å². The van der Waals surface area contributed by atoms with Crippen LogP contribution >= 0.6 is 0 Å². The molecule has 1 N–H and O–H groups in total. The number of aryl methyl sites for hydroxylation is 3. The van der Waals surface area contributed by atoms with E-state index in [2.05, 4.69) is 14.9 Å². The Morgan fingerprint density at radius 2 is 1.77 bits per heavy atom. The van der Waals surface area contributed by atoms with E-state index in [-0.39, 0.29) is 18.0 Å². The molecule has 1 aliphatic heterocycles. The fourth-order valence-electron chi connectivity index (χ4n) is 4.73. The number of carbonyl (C=O) groups is 2. The number of likely N-dealkylation sites (tertiary alicyclic amines) is 1. The Bertz CT molecular complexity index is 1240. The molecular weight excluding hydrogens is 442 g/mol. The maximum absolute atomic E-state index is 13.2. The normalized spacial score (nSPS) is 16.7. The highest BCUT2D eigenvalue weighted by atomic mass is 16.6. The molecule has 0 radical (unpaired) electrons. The van der Waals surface area contributed by atoms with E-state index in [9.17, 15) is 9.59 Å². The largest absolute Gasteiger partial charge is 0.444 e. The van der Waals surface area contributed by atoms with Gasteiger partial charge in [-0.25, -0.2) is 9.78 Å². The molecule has 0 saturated carbocycles. The van der Waals surface area contributed by atoms with Crippen LogP contribution in [0.4, 0.5) is 10.7 Å². The number of aromatic nitrogens is 3. The maximum Gasteiger partial charge on any atom is 0.410 e. The summed E-state index contributed by atoms with van der Waals surface area (Å²) in [6.07, 6.45) is 2.43. The van der Waals surface area contributed by atoms with Gasteiger partial charge in [0.25, 0.3) is 5.91 Å². The van der Waals surface area contributed by atoms with Crippen molar-refractivity contribution in [1.29, 1.82) is 0 Å². The van der Waals surface area contributed by atoms with Gasteiger partial charge in [-0.3, -0.25) is 15.1 Å². The summed E-state index contributed by atoms with van der Waals surface area (Å²) < 4.78 is 7.77. The van der Waals surface area contributed by atoms with Crippen molar-refractivity contribution in [2.75, 3.05) is 18.4 Å². The fourth-order valence-corrected chi connectivity index (χ4v) is 4.73. The van der Waals surface area contributed by atoms with E-state index < -0.39 is 5.60 Å². The van der Waals surface area contributed by atoms with Crippen molar-refractivity contribution >= 4 is 29.0 Å². The van der Waals surface area contributed by atoms with E-state index in [0.717, 1.165) is 47.2 Å². The van der Waals surface area contributed by atoms with Crippen molar-refractivity contribution in [1.82, 2.24) is 19.4 Å². The van der Waals surface area contributed by atoms with Crippen molar-refractivity contribution in [2.24, 2.45) is 0 Å². The average molecular weight is 478 g/mol. The van der Waals surface area contributed by atoms with Crippen molar-refractivity contribution < 1.29 is 14.3 Å². The lowest BCUT2D eigenvalue weighted by Crippen LogP contribution is -2.39. The molecule has 3 heterocycles. The zero-order valence-electron chi connectivity index (χ0n) is 21.5. The van der Waals surface area contributed by atoms with Gasteiger partial charge in [0, 0.05) is 30.0 Å². The van der Waals surface area contributed by atoms with Crippen LogP contribution in [0.1, 0.15) is 73.4 Å². The molecule has 3 aromatic rings. The molecule has 1 aromatic carbocycles. The standard InChI is InChI=1S/C27H35N5O3/c1-17-10-9-12-22-23(17)32(21-11-7-8-13-31(16-21)26(34)35-27(4,5)6)25(29-22)30-24(33)20-14-18(2)28-19(3)15-20/h9-10,12,14-15,21H,7-8,11,13,16H2,1-6H3,(H,29,30,33)/t21-/m1/s1. The molecule has 0 unspecified atom stereocenters. The Hall–Kier alpha value is -3.42. The monoisotopic (exact) mass is 477 g/mol. The van der Waals surface area contributed by atoms with Crippen LogP contribution in [0.25, 0.3) is 11.0 Å². The minimum atomic E-state index is -0.558. The van der Waals surface area contributed by atoms with Crippen LogP contribution < -0.4 is 5.32 Å². The second-order valence-electron chi connectivity index (χ2n) is 10.4. The van der Waals surface area contributed by atoms with Gasteiger partial charge in [-0.2, -0.15) is 0 Å². The van der Waals surface area contributed by atoms with Crippen LogP contribution in [0.5, 0.6) is 0 Å². The number of amides is 2. The van der Waals surface area contributed by atoms with Crippen molar-refractivity contribution in [3.8, 4) is 0 Å². The van der Waals surface area contributed by atoms with Crippen LogP contribution in [-0.4, -0.2) is 50.1 Å². The summed E-state index contributed by atoms with van der Waals surface area (Å²) in [4.78, 5) is 37.1. The lowest BCUT2D eigenvalue weighted by Gasteiger charge is -2.29. The zero-order chi connectivity index (χ0) is 25.3. The molecular formula is C27H35N5O3. The van der Waals surface area contributed by atoms with Gasteiger partial charge in [0.1, 0.15) is 5.60 Å². The minimum Gasteiger partial charge on any atom is -0.444 e. The SMILES string of the molecule is Cc1cc(C(=O)Nc2nc3cccc(C)c3n2[C@@H]2CCCCN(C(=O)OC(C)(C)C)C2)cc(C)n1. The first-order valence-corrected chi connectivity index (χ1v) is 12.2. The second kappa shape index (κ2) is 9.68. The van der Waals surface area contributed by atoms with Gasteiger partial charge in [0.15, 0.2) is 0 Å². The number of carbonyl (C=O) groups excluding carboxylic acids is 2. The van der Waals surface area contributed by atoms with Gasteiger partial charge >= 0.3 is 6.09 Å². The predicted octanol–water partition coefficient (Wildman–Crippen LogP) is 5.57. The minimum absolute atomic E-state index is 0.0488. The predicted molar refractivity (Wildman–Crippen MR) is 137 cm³/mol. The summed E-state index contributed by atoms with van der Waals surface area (Å²) in [6.45, 7) is 12.6. The molecule has 1 fully saturated rings. The number of hydrogen-bond donors (Lipinski definition) is 1. The highest BCUT2D eigenvalue weighted by molar-refractivity contribution is 6.04. The number of pyridine rings is 1. The number of nitrogens with one attached hydrogen (secondary N) is 1. The van der Waals surface area contributed by atoms with Crippen LogP contribution in [0.2, 0.25) is 0 Å². The number of anilines is 1. The van der Waals surface area contributed by atoms with Crippen LogP contribution in [0, 0.1) is 20.8 Å². The summed E-state index contributed by atoms with van der Waals surface area (Å²) in [6, 6.07) is 9.47. The topological polar surface area (TPSA) is 89.4 Å². The molecule has 186 valence electrons. The summed E-state index contributed by atoms with van der Waals surface area (Å²) >= 11 is 0. The number of rotatable bonds is 3. The molecule has 2 aromatic heterocycles. The van der Waals surface area contributed by atoms with E-state index in [1.165, 1.54) is 0 Å². The summed E-state index contributed by atoms with van der Waals surface area (Å²) in [5, 5.41) is 3.05. The van der Waals surface area contributed by atoms with Crippen LogP contribution in [0.15, 0.2) is 30.3 Å². The molecule has 8 nitrogen and oxygen atoms in total. The lowest BCUT2D eigenvalue weighted by molar-refractivity contribution is 0.0238. The van der Waals surface area contributed by atoms with Gasteiger partial charge in [-0.05, 0) is 84.6 Å². The number of nitrogens with zero attached hydrogens (tertiary/aromatic N) is 4. The highest BCUT2D eigenvalue weighted by Gasteiger charge is 2.30. The Kier molecular flexibility index (Phi) is 6.83. The maximum atomic E-state index is 13.2. The van der Waals surface area contributed by atoms with E-state index in [4.69, 9.17) is 9.72 Å². The Morgan fingerprint density at radius 1 is 1.06 bits per heavy atom. The van der Waals surface area contributed by atoms with Gasteiger partial charge in [-0.1, -0.05) is 12.1 Å². The van der Waals surface area contributed by atoms with E-state index in [1.54, 1.807) is 17.0 Å². The van der Waals surface area contributed by atoms with Gasteiger partial charge < -0.3 is 14.2 Å². The third-order valence-corrected chi connectivity index (χ3v) is 6.14. The lowest BCUT2D eigenvalue weighted by atomic mass is 10.1. The first kappa shape index (κ1) is 24.7. The highest BCUT2D eigenvalue weighted by Crippen LogP contribution is 2.32. The number of imidazole rings is 1. The molecule has 1 aliphatic rings. The number of fused-ring (bicyclic) bond motifs is 1. The average Bonchev–Trinajstić information content (AvgIpc) is 2.94. The van der Waals surface area contributed by atoms with Crippen LogP contribution in [0.3, 0.4) is 0 Å². The van der Waals surface area contributed by atoms with E-state index in [1.807, 2.05) is 59.7 Å². The van der Waals surface area contributed by atoms with Gasteiger partial charge in [-0.15, -0.1) is 0 Å². The van der Waals surface area contributed by atoms with Crippen molar-refractivity contribution in [3.05, 3.63) is 52.8 Å². The molecule has 1 saturated heterocycles. The van der Waals surface area contributed by atoms with Gasteiger partial charge in [0.05, 0.1) is 17.1 Å². The Morgan fingerprint density at radius 3 is 2.46 bits per heavy atom. The first-order valence-electron chi connectivity index (χ1n) is 12.2. The number of benzene rings is 1. The van der Waals surface area contributed by atoms with Gasteiger partial charge in [0.2, 0.25) is 5.95 Å². The first-order chi connectivity index (χ1) is 16.5. The molecule has 0 aliphatic carbocycles. The molecule has 4 rings (SSSR count). The fraction of sp³-hybridized carbons (Fsp3) is 0.481. The molecule has 35 heavy (non-hydrogen) atoms. The summed E-state index contributed by atoms with van der Waals surface area (Å²) in [5.74, 6) is 0.257. The summed E-state index contributed by atoms with van der Waals surface area (Å²) in [5.41, 5.74) is 4.42. The van der Waals surface area contributed by atoms with Crippen molar-refractivity contribution in [3.63, 3.8) is 0 Å². The molecule has 0 bridgehead atoms. The zero-order valence-corrected chi connectivity index (χ0v) is 21.5.